The Morgan fingerprint density at radius 1 is 1.25 bits per heavy atom. The first kappa shape index (κ1) is 23.7. The van der Waals surface area contributed by atoms with Crippen LogP contribution in [0.1, 0.15) is 23.0 Å². The van der Waals surface area contributed by atoms with Crippen molar-refractivity contribution in [2.45, 2.75) is 50.6 Å². The van der Waals surface area contributed by atoms with E-state index in [1.807, 2.05) is 6.07 Å². The highest BCUT2D eigenvalue weighted by atomic mass is 16.7. The quantitative estimate of drug-likeness (QED) is 0.355. The van der Waals surface area contributed by atoms with Crippen LogP contribution in [-0.4, -0.2) is 80.7 Å². The van der Waals surface area contributed by atoms with Gasteiger partial charge in [-0.1, -0.05) is 17.4 Å². The van der Waals surface area contributed by atoms with Crippen molar-refractivity contribution in [1.29, 1.82) is 0 Å². The lowest BCUT2D eigenvalue weighted by molar-refractivity contribution is -0.275. The summed E-state index contributed by atoms with van der Waals surface area (Å²) >= 11 is 0. The molecule has 0 spiro atoms. The van der Waals surface area contributed by atoms with Gasteiger partial charge in [-0.2, -0.15) is 0 Å². The second-order valence-electron chi connectivity index (χ2n) is 7.16. The fourth-order valence-corrected chi connectivity index (χ4v) is 3.26. The number of carbonyl (C=O) groups is 1. The monoisotopic (exact) mass is 449 g/mol. The highest BCUT2D eigenvalue weighted by Crippen LogP contribution is 2.32. The van der Waals surface area contributed by atoms with Gasteiger partial charge in [0.1, 0.15) is 24.4 Å². The molecule has 1 aromatic heterocycles. The Kier molecular flexibility index (Phi) is 7.80. The van der Waals surface area contributed by atoms with E-state index in [1.165, 1.54) is 18.0 Å². The van der Waals surface area contributed by atoms with E-state index in [0.29, 0.717) is 12.2 Å². The van der Waals surface area contributed by atoms with Crippen LogP contribution in [0.5, 0.6) is 11.5 Å². The number of methoxy groups -OCH3 is 1. The van der Waals surface area contributed by atoms with Crippen molar-refractivity contribution in [2.75, 3.05) is 13.7 Å². The molecular formula is C21H27N3O8. The molecule has 1 aromatic carbocycles. The molecule has 1 aliphatic rings. The minimum Gasteiger partial charge on any atom is -0.493 e. The molecule has 0 radical (unpaired) electrons. The van der Waals surface area contributed by atoms with E-state index in [-0.39, 0.29) is 24.6 Å². The third-order valence-electron chi connectivity index (χ3n) is 4.91. The molecule has 0 bridgehead atoms. The molecule has 0 saturated carbocycles. The lowest BCUT2D eigenvalue weighted by atomic mass is 9.99. The van der Waals surface area contributed by atoms with Gasteiger partial charge in [0.2, 0.25) is 6.29 Å². The van der Waals surface area contributed by atoms with Gasteiger partial charge in [-0.15, -0.1) is 11.7 Å². The van der Waals surface area contributed by atoms with E-state index in [9.17, 15) is 20.1 Å². The Hall–Kier alpha value is -2.99. The van der Waals surface area contributed by atoms with Crippen molar-refractivity contribution in [3.8, 4) is 11.5 Å². The minimum absolute atomic E-state index is 0.00474. The zero-order chi connectivity index (χ0) is 23.3. The van der Waals surface area contributed by atoms with Crippen molar-refractivity contribution < 1.29 is 39.1 Å². The zero-order valence-corrected chi connectivity index (χ0v) is 17.8. The van der Waals surface area contributed by atoms with Gasteiger partial charge < -0.3 is 34.3 Å². The largest absolute Gasteiger partial charge is 0.493 e. The topological polar surface area (TPSA) is 145 Å². The summed E-state index contributed by atoms with van der Waals surface area (Å²) in [4.78, 5) is 11.8. The van der Waals surface area contributed by atoms with Crippen molar-refractivity contribution >= 4 is 5.97 Å². The summed E-state index contributed by atoms with van der Waals surface area (Å²) in [5.74, 6) is 0.0669. The van der Waals surface area contributed by atoms with Gasteiger partial charge in [0.25, 0.3) is 0 Å². The number of benzene rings is 1. The van der Waals surface area contributed by atoms with Crippen LogP contribution in [0, 0.1) is 0 Å². The predicted octanol–water partition coefficient (Wildman–Crippen LogP) is 0.0785. The van der Waals surface area contributed by atoms with E-state index in [1.54, 1.807) is 25.1 Å². The molecule has 0 unspecified atom stereocenters. The number of aliphatic hydroxyl groups excluding tert-OH is 3. The van der Waals surface area contributed by atoms with E-state index in [2.05, 4.69) is 16.9 Å². The van der Waals surface area contributed by atoms with Crippen LogP contribution in [0.25, 0.3) is 0 Å². The number of aromatic nitrogens is 3. The van der Waals surface area contributed by atoms with Crippen molar-refractivity contribution in [3.63, 3.8) is 0 Å². The summed E-state index contributed by atoms with van der Waals surface area (Å²) in [7, 11) is 1.48. The number of ether oxygens (including phenoxy) is 4. The Morgan fingerprint density at radius 2 is 2.03 bits per heavy atom. The molecule has 3 N–H and O–H groups in total. The number of hydrogen-bond acceptors (Lipinski definition) is 10. The second kappa shape index (κ2) is 10.6. The Morgan fingerprint density at radius 3 is 2.72 bits per heavy atom. The average Bonchev–Trinajstić information content (AvgIpc) is 3.25. The number of nitrogens with zero attached hydrogens (tertiary/aromatic N) is 3. The molecule has 32 heavy (non-hydrogen) atoms. The second-order valence-corrected chi connectivity index (χ2v) is 7.16. The Balaban J connectivity index is 1.74. The lowest BCUT2D eigenvalue weighted by Crippen LogP contribution is -2.60. The van der Waals surface area contributed by atoms with E-state index >= 15 is 0 Å². The molecule has 174 valence electrons. The molecule has 11 nitrogen and oxygen atoms in total. The fourth-order valence-electron chi connectivity index (χ4n) is 3.26. The van der Waals surface area contributed by atoms with Crippen molar-refractivity contribution in [2.24, 2.45) is 0 Å². The van der Waals surface area contributed by atoms with Crippen LogP contribution in [0.2, 0.25) is 0 Å². The van der Waals surface area contributed by atoms with Crippen molar-refractivity contribution in [1.82, 2.24) is 15.0 Å². The first-order valence-corrected chi connectivity index (χ1v) is 10.1. The van der Waals surface area contributed by atoms with Gasteiger partial charge in [0.15, 0.2) is 17.2 Å². The van der Waals surface area contributed by atoms with Crippen LogP contribution >= 0.6 is 0 Å². The molecule has 2 heterocycles. The van der Waals surface area contributed by atoms with Gasteiger partial charge in [-0.25, -0.2) is 9.48 Å². The molecule has 0 amide bonds. The summed E-state index contributed by atoms with van der Waals surface area (Å²) in [5.41, 5.74) is 0.945. The van der Waals surface area contributed by atoms with E-state index in [4.69, 9.17) is 18.9 Å². The maximum Gasteiger partial charge on any atom is 0.360 e. The van der Waals surface area contributed by atoms with E-state index < -0.39 is 36.7 Å². The van der Waals surface area contributed by atoms with Gasteiger partial charge in [0.05, 0.1) is 26.5 Å². The summed E-state index contributed by atoms with van der Waals surface area (Å²) in [6.45, 7) is 5.50. The van der Waals surface area contributed by atoms with Gasteiger partial charge in [-0.3, -0.25) is 0 Å². The first-order valence-electron chi connectivity index (χ1n) is 10.1. The predicted molar refractivity (Wildman–Crippen MR) is 110 cm³/mol. The molecule has 3 rings (SSSR count). The van der Waals surface area contributed by atoms with Crippen LogP contribution < -0.4 is 9.47 Å². The van der Waals surface area contributed by atoms with Crippen LogP contribution in [0.3, 0.4) is 0 Å². The normalized spacial score (nSPS) is 25.2. The maximum absolute atomic E-state index is 11.8. The van der Waals surface area contributed by atoms with Crippen LogP contribution in [-0.2, 0) is 22.4 Å². The van der Waals surface area contributed by atoms with Gasteiger partial charge in [0, 0.05) is 0 Å². The number of esters is 1. The fraction of sp³-hybridized carbons (Fsp3) is 0.476. The number of hydrogen-bond donors (Lipinski definition) is 3. The van der Waals surface area contributed by atoms with Gasteiger partial charge in [-0.05, 0) is 31.0 Å². The molecular weight excluding hydrogens is 422 g/mol. The highest BCUT2D eigenvalue weighted by molar-refractivity contribution is 5.86. The highest BCUT2D eigenvalue weighted by Gasteiger charge is 2.45. The van der Waals surface area contributed by atoms with E-state index in [0.717, 1.165) is 5.56 Å². The Labute approximate surface area is 184 Å². The standard InChI is InChI=1S/C21H27N3O8/c1-4-6-12-7-8-14(15(9-12)29-3)31-21-19(27)18(26)17(25)16(32-21)11-24-10-13(22-23-24)20(28)30-5-2/h4,7-10,16-19,21,25-27H,1,5-6,11H2,2-3H3/t16-,17-,18+,19-,21-/m1/s1. The Bertz CT molecular complexity index is 934. The molecule has 1 saturated heterocycles. The average molecular weight is 449 g/mol. The van der Waals surface area contributed by atoms with Crippen LogP contribution in [0.15, 0.2) is 37.1 Å². The third-order valence-corrected chi connectivity index (χ3v) is 4.91. The molecule has 2 aromatic rings. The molecule has 1 aliphatic heterocycles. The number of allylic oxidation sites excluding steroid dienone is 1. The zero-order valence-electron chi connectivity index (χ0n) is 17.8. The summed E-state index contributed by atoms with van der Waals surface area (Å²) in [6.07, 6.45) is -3.09. The van der Waals surface area contributed by atoms with Crippen LogP contribution in [0.4, 0.5) is 0 Å². The van der Waals surface area contributed by atoms with Crippen molar-refractivity contribution in [3.05, 3.63) is 48.3 Å². The molecule has 11 heteroatoms. The molecule has 0 aliphatic carbocycles. The number of carbonyl (C=O) groups excluding carboxylic acids is 1. The summed E-state index contributed by atoms with van der Waals surface area (Å²) < 4.78 is 23.0. The summed E-state index contributed by atoms with van der Waals surface area (Å²) in [5, 5.41) is 38.6. The molecule has 5 atom stereocenters. The number of aliphatic hydroxyl groups is 3. The number of rotatable bonds is 9. The molecule has 1 fully saturated rings. The summed E-state index contributed by atoms with van der Waals surface area (Å²) in [6, 6.07) is 5.23. The smallest absolute Gasteiger partial charge is 0.360 e. The van der Waals surface area contributed by atoms with Gasteiger partial charge >= 0.3 is 5.97 Å². The third kappa shape index (κ3) is 5.25. The minimum atomic E-state index is -1.54. The lowest BCUT2D eigenvalue weighted by Gasteiger charge is -2.40. The SMILES string of the molecule is C=CCc1ccc(O[C@@H]2O[C@H](Cn3cc(C(=O)OCC)nn3)[C@@H](O)[C@H](O)[C@H]2O)c(OC)c1. The first-order chi connectivity index (χ1) is 15.4. The maximum atomic E-state index is 11.8.